The molecule has 3 heterocycles. The van der Waals surface area contributed by atoms with Gasteiger partial charge in [-0.25, -0.2) is 4.79 Å². The highest BCUT2D eigenvalue weighted by Gasteiger charge is 2.41. The zero-order chi connectivity index (χ0) is 37.8. The number of aromatic nitrogens is 1. The second-order valence-electron chi connectivity index (χ2n) is 15.1. The van der Waals surface area contributed by atoms with E-state index >= 15 is 0 Å². The van der Waals surface area contributed by atoms with Crippen LogP contribution in [0.3, 0.4) is 0 Å². The first kappa shape index (κ1) is 38.8. The number of hydrogen-bond donors (Lipinski definition) is 5. The molecule has 4 rings (SSSR count). The van der Waals surface area contributed by atoms with Crippen LogP contribution < -0.4 is 21.3 Å². The Kier molecular flexibility index (Phi) is 12.1. The molecule has 5 amide bonds. The molecule has 1 aromatic carbocycles. The molecule has 51 heavy (non-hydrogen) atoms. The second-order valence-corrected chi connectivity index (χ2v) is 15.1. The van der Waals surface area contributed by atoms with Gasteiger partial charge in [-0.1, -0.05) is 45.9 Å². The van der Waals surface area contributed by atoms with Gasteiger partial charge < -0.3 is 36.0 Å². The summed E-state index contributed by atoms with van der Waals surface area (Å²) in [5, 5.41) is 21.1. The lowest BCUT2D eigenvalue weighted by atomic mass is 9.98. The van der Waals surface area contributed by atoms with Gasteiger partial charge in [0.05, 0.1) is 11.9 Å². The average Bonchev–Trinajstić information content (AvgIpc) is 3.66. The molecule has 2 aliphatic rings. The summed E-state index contributed by atoms with van der Waals surface area (Å²) in [4.78, 5) is 95.7. The summed E-state index contributed by atoms with van der Waals surface area (Å²) in [5.41, 5.74) is 0.173. The highest BCUT2D eigenvalue weighted by molar-refractivity contribution is 5.99. The largest absolute Gasteiger partial charge is 0.481 e. The van der Waals surface area contributed by atoms with Crippen molar-refractivity contribution in [2.24, 2.45) is 11.8 Å². The van der Waals surface area contributed by atoms with Crippen molar-refractivity contribution in [1.29, 1.82) is 0 Å². The number of nitrogens with zero attached hydrogens (tertiary/aromatic N) is 2. The van der Waals surface area contributed by atoms with Gasteiger partial charge in [-0.15, -0.1) is 0 Å². The normalized spacial score (nSPS) is 24.0. The molecular weight excluding hydrogens is 660 g/mol. The monoisotopic (exact) mass is 710 g/mol. The van der Waals surface area contributed by atoms with Crippen molar-refractivity contribution >= 4 is 52.5 Å². The number of nitrogens with one attached hydrogen (secondary N) is 4. The topological polar surface area (TPSA) is 205 Å². The van der Waals surface area contributed by atoms with Crippen LogP contribution in [0.1, 0.15) is 79.7 Å². The standard InChI is InChI=1S/C36H50N6O9/c1-19(2)15-23-30(45)37-24(16-21-18-42(35(50)51-36(5,6)7)26-12-9-8-11-22(21)26)31(46)39-25(17-28(43)44)34(49)41-14-10-13-27(41)32(47)40-29(20(3)4)33(48)38-23/h8-9,11-12,18-20,23-25,27,29H,10,13-17H2,1-7H3,(H,37,45)(H,38,48)(H,39,46)(H,40,47)(H,43,44)/t23-,24+,25+,27-,29+/m1/s1. The van der Waals surface area contributed by atoms with Crippen molar-refractivity contribution in [2.45, 2.75) is 116 Å². The molecule has 15 nitrogen and oxygen atoms in total. The van der Waals surface area contributed by atoms with Gasteiger partial charge in [-0.2, -0.15) is 0 Å². The Morgan fingerprint density at radius 1 is 0.882 bits per heavy atom. The molecule has 1 aromatic heterocycles. The van der Waals surface area contributed by atoms with Gasteiger partial charge in [-0.3, -0.25) is 33.3 Å². The lowest BCUT2D eigenvalue weighted by molar-refractivity contribution is -0.146. The highest BCUT2D eigenvalue weighted by Crippen LogP contribution is 2.25. The van der Waals surface area contributed by atoms with Crippen LogP contribution in [0, 0.1) is 11.8 Å². The van der Waals surface area contributed by atoms with Crippen LogP contribution >= 0.6 is 0 Å². The minimum atomic E-state index is -1.57. The van der Waals surface area contributed by atoms with Crippen molar-refractivity contribution in [3.05, 3.63) is 36.0 Å². The fourth-order valence-electron chi connectivity index (χ4n) is 6.48. The third-order valence-electron chi connectivity index (χ3n) is 8.86. The van der Waals surface area contributed by atoms with E-state index in [1.165, 1.54) is 15.7 Å². The molecule has 0 unspecified atom stereocenters. The molecule has 0 spiro atoms. The predicted octanol–water partition coefficient (Wildman–Crippen LogP) is 2.09. The van der Waals surface area contributed by atoms with Crippen LogP contribution in [0.5, 0.6) is 0 Å². The lowest BCUT2D eigenvalue weighted by Gasteiger charge is -2.30. The van der Waals surface area contributed by atoms with E-state index in [9.17, 15) is 38.7 Å². The van der Waals surface area contributed by atoms with Crippen LogP contribution in [0.15, 0.2) is 30.5 Å². The quantitative estimate of drug-likeness (QED) is 0.285. The SMILES string of the molecule is CC(C)C[C@H]1NC(=O)[C@H](C(C)C)NC(=O)[C@H]2CCCN2C(=O)[C@H](CC(=O)O)NC(=O)[C@H](Cc2cn(C(=O)OC(C)(C)C)c3ccccc23)NC1=O. The number of carboxylic acid groups (broad SMARTS) is 1. The van der Waals surface area contributed by atoms with Crippen molar-refractivity contribution in [1.82, 2.24) is 30.7 Å². The summed E-state index contributed by atoms with van der Waals surface area (Å²) >= 11 is 0. The average molecular weight is 711 g/mol. The van der Waals surface area contributed by atoms with Gasteiger partial charge >= 0.3 is 12.1 Å². The van der Waals surface area contributed by atoms with Gasteiger partial charge in [0, 0.05) is 24.5 Å². The summed E-state index contributed by atoms with van der Waals surface area (Å²) in [6.07, 6.45) is 0.823. The fourth-order valence-corrected chi connectivity index (χ4v) is 6.48. The number of ether oxygens (including phenoxy) is 1. The van der Waals surface area contributed by atoms with E-state index in [4.69, 9.17) is 4.74 Å². The molecular formula is C36H50N6O9. The van der Waals surface area contributed by atoms with Crippen LogP contribution in [0.2, 0.25) is 0 Å². The molecule has 0 bridgehead atoms. The number of rotatable bonds is 7. The summed E-state index contributed by atoms with van der Waals surface area (Å²) in [5.74, 6) is -5.34. The van der Waals surface area contributed by atoms with E-state index in [0.717, 1.165) is 0 Å². The summed E-state index contributed by atoms with van der Waals surface area (Å²) < 4.78 is 6.91. The van der Waals surface area contributed by atoms with Crippen molar-refractivity contribution < 1.29 is 43.4 Å². The molecule has 2 saturated heterocycles. The summed E-state index contributed by atoms with van der Waals surface area (Å²) in [6.45, 7) is 12.5. The van der Waals surface area contributed by atoms with Crippen LogP contribution in [-0.4, -0.2) is 98.5 Å². The molecule has 2 aromatic rings. The van der Waals surface area contributed by atoms with E-state index in [2.05, 4.69) is 21.3 Å². The minimum absolute atomic E-state index is 0.0704. The van der Waals surface area contributed by atoms with E-state index in [0.29, 0.717) is 22.9 Å². The minimum Gasteiger partial charge on any atom is -0.481 e. The van der Waals surface area contributed by atoms with Gasteiger partial charge in [0.15, 0.2) is 0 Å². The first-order valence-electron chi connectivity index (χ1n) is 17.4. The molecule has 0 radical (unpaired) electrons. The van der Waals surface area contributed by atoms with Crippen molar-refractivity contribution in [2.75, 3.05) is 6.54 Å². The third kappa shape index (κ3) is 9.64. The molecule has 5 atom stereocenters. The number of amides is 5. The maximum Gasteiger partial charge on any atom is 0.419 e. The van der Waals surface area contributed by atoms with E-state index in [1.54, 1.807) is 58.9 Å². The lowest BCUT2D eigenvalue weighted by Crippen LogP contribution is -2.59. The Balaban J connectivity index is 1.81. The Morgan fingerprint density at radius 3 is 2.14 bits per heavy atom. The number of carbonyl (C=O) groups excluding carboxylic acids is 6. The van der Waals surface area contributed by atoms with E-state index in [-0.39, 0.29) is 31.7 Å². The van der Waals surface area contributed by atoms with Crippen LogP contribution in [0.25, 0.3) is 10.9 Å². The number of carbonyl (C=O) groups is 7. The summed E-state index contributed by atoms with van der Waals surface area (Å²) in [6, 6.07) is 0.845. The maximum absolute atomic E-state index is 14.1. The predicted molar refractivity (Wildman–Crippen MR) is 186 cm³/mol. The number of fused-ring (bicyclic) bond motifs is 2. The molecule has 0 aliphatic carbocycles. The molecule has 2 fully saturated rings. The van der Waals surface area contributed by atoms with Crippen molar-refractivity contribution in [3.63, 3.8) is 0 Å². The number of carboxylic acids is 1. The van der Waals surface area contributed by atoms with E-state index < -0.39 is 89.7 Å². The molecule has 278 valence electrons. The van der Waals surface area contributed by atoms with E-state index in [1.807, 2.05) is 13.8 Å². The second kappa shape index (κ2) is 15.9. The van der Waals surface area contributed by atoms with Gasteiger partial charge in [0.1, 0.15) is 35.8 Å². The molecule has 0 saturated carbocycles. The third-order valence-corrected chi connectivity index (χ3v) is 8.86. The first-order valence-corrected chi connectivity index (χ1v) is 17.4. The zero-order valence-corrected chi connectivity index (χ0v) is 30.3. The molecule has 2 aliphatic heterocycles. The Bertz CT molecular complexity index is 1680. The number of para-hydroxylation sites is 1. The number of benzene rings is 1. The van der Waals surface area contributed by atoms with Crippen LogP contribution in [-0.2, 0) is 39.9 Å². The fraction of sp³-hybridized carbons (Fsp3) is 0.583. The maximum atomic E-state index is 14.1. The molecule has 15 heteroatoms. The first-order chi connectivity index (χ1) is 23.9. The Hall–Kier alpha value is -4.95. The van der Waals surface area contributed by atoms with Crippen LogP contribution in [0.4, 0.5) is 4.79 Å². The van der Waals surface area contributed by atoms with Gasteiger partial charge in [0.2, 0.25) is 29.5 Å². The smallest absolute Gasteiger partial charge is 0.419 e. The molecule has 5 N–H and O–H groups in total. The van der Waals surface area contributed by atoms with Gasteiger partial charge in [-0.05, 0) is 63.5 Å². The number of aliphatic carboxylic acids is 1. The van der Waals surface area contributed by atoms with Gasteiger partial charge in [0.25, 0.3) is 0 Å². The highest BCUT2D eigenvalue weighted by atomic mass is 16.6. The summed E-state index contributed by atoms with van der Waals surface area (Å²) in [7, 11) is 0. The Morgan fingerprint density at radius 2 is 1.51 bits per heavy atom. The number of hydrogen-bond acceptors (Lipinski definition) is 8. The van der Waals surface area contributed by atoms with Crippen molar-refractivity contribution in [3.8, 4) is 0 Å². The Labute approximate surface area is 297 Å². The zero-order valence-electron chi connectivity index (χ0n) is 30.3.